The lowest BCUT2D eigenvalue weighted by Crippen LogP contribution is -2.44. The number of benzene rings is 2. The molecule has 0 radical (unpaired) electrons. The number of hydrogen-bond acceptors (Lipinski definition) is 6. The van der Waals surface area contributed by atoms with Crippen molar-refractivity contribution in [2.24, 2.45) is 0 Å². The van der Waals surface area contributed by atoms with E-state index in [9.17, 15) is 19.2 Å². The molecule has 8 nitrogen and oxygen atoms in total. The van der Waals surface area contributed by atoms with E-state index in [2.05, 4.69) is 5.32 Å². The van der Waals surface area contributed by atoms with E-state index in [1.807, 2.05) is 6.07 Å². The van der Waals surface area contributed by atoms with Crippen molar-refractivity contribution in [2.75, 3.05) is 11.9 Å². The number of amides is 3. The van der Waals surface area contributed by atoms with Crippen molar-refractivity contribution in [1.82, 2.24) is 4.90 Å². The molecule has 1 atom stereocenters. The molecule has 0 aliphatic carbocycles. The normalized spacial score (nSPS) is 13.4. The number of esters is 1. The van der Waals surface area contributed by atoms with Gasteiger partial charge in [-0.05, 0) is 43.7 Å². The first-order valence-corrected chi connectivity index (χ1v) is 9.22. The minimum atomic E-state index is -1.17. The fourth-order valence-electron chi connectivity index (χ4n) is 3.08. The summed E-state index contributed by atoms with van der Waals surface area (Å²) in [5, 5.41) is 11.2. The zero-order valence-electron chi connectivity index (χ0n) is 16.5. The maximum absolute atomic E-state index is 12.6. The second kappa shape index (κ2) is 8.57. The van der Waals surface area contributed by atoms with Gasteiger partial charge in [0.15, 0.2) is 6.61 Å². The molecule has 0 fully saturated rings. The molecule has 30 heavy (non-hydrogen) atoms. The van der Waals surface area contributed by atoms with Crippen molar-refractivity contribution in [3.63, 3.8) is 0 Å². The molecule has 3 amide bonds. The number of anilines is 1. The van der Waals surface area contributed by atoms with Gasteiger partial charge in [-0.3, -0.25) is 19.3 Å². The van der Waals surface area contributed by atoms with Gasteiger partial charge in [-0.25, -0.2) is 4.79 Å². The number of imide groups is 1. The van der Waals surface area contributed by atoms with Crippen LogP contribution in [0.25, 0.3) is 0 Å². The number of nitrogens with one attached hydrogen (secondary N) is 1. The summed E-state index contributed by atoms with van der Waals surface area (Å²) in [6, 6.07) is 12.4. The molecule has 0 spiro atoms. The largest absolute Gasteiger partial charge is 0.454 e. The fraction of sp³-hybridized carbons (Fsp3) is 0.227. The Labute approximate surface area is 173 Å². The van der Waals surface area contributed by atoms with Crippen molar-refractivity contribution < 1.29 is 23.9 Å². The first-order valence-electron chi connectivity index (χ1n) is 9.22. The van der Waals surface area contributed by atoms with Gasteiger partial charge in [0.1, 0.15) is 6.04 Å². The Balaban J connectivity index is 1.57. The van der Waals surface area contributed by atoms with Crippen LogP contribution >= 0.6 is 0 Å². The maximum Gasteiger partial charge on any atom is 0.329 e. The van der Waals surface area contributed by atoms with Gasteiger partial charge in [-0.15, -0.1) is 0 Å². The summed E-state index contributed by atoms with van der Waals surface area (Å²) >= 11 is 0. The topological polar surface area (TPSA) is 117 Å². The van der Waals surface area contributed by atoms with Crippen LogP contribution < -0.4 is 5.32 Å². The lowest BCUT2D eigenvalue weighted by atomic mass is 10.1. The minimum Gasteiger partial charge on any atom is -0.454 e. The second-order valence-electron chi connectivity index (χ2n) is 6.89. The fourth-order valence-corrected chi connectivity index (χ4v) is 3.08. The van der Waals surface area contributed by atoms with Crippen molar-refractivity contribution in [3.05, 3.63) is 64.7 Å². The van der Waals surface area contributed by atoms with Crippen LogP contribution in [-0.4, -0.2) is 41.2 Å². The van der Waals surface area contributed by atoms with E-state index < -0.39 is 36.3 Å². The number of carbonyl (C=O) groups is 4. The molecule has 0 aromatic heterocycles. The first-order chi connectivity index (χ1) is 14.3. The number of ether oxygens (including phenoxy) is 1. The Morgan fingerprint density at radius 2 is 1.77 bits per heavy atom. The Morgan fingerprint density at radius 3 is 2.43 bits per heavy atom. The molecule has 1 heterocycles. The van der Waals surface area contributed by atoms with E-state index >= 15 is 0 Å². The highest BCUT2D eigenvalue weighted by atomic mass is 16.5. The van der Waals surface area contributed by atoms with E-state index in [-0.39, 0.29) is 17.5 Å². The van der Waals surface area contributed by atoms with Gasteiger partial charge in [0.25, 0.3) is 17.7 Å². The maximum atomic E-state index is 12.6. The van der Waals surface area contributed by atoms with Gasteiger partial charge in [0, 0.05) is 5.69 Å². The summed E-state index contributed by atoms with van der Waals surface area (Å²) in [6.07, 6.45) is 0.265. The highest BCUT2D eigenvalue weighted by Crippen LogP contribution is 2.26. The van der Waals surface area contributed by atoms with Crippen LogP contribution in [0.4, 0.5) is 5.69 Å². The predicted molar refractivity (Wildman–Crippen MR) is 106 cm³/mol. The lowest BCUT2D eigenvalue weighted by molar-refractivity contribution is -0.150. The number of rotatable bonds is 6. The molecule has 0 bridgehead atoms. The van der Waals surface area contributed by atoms with E-state index in [0.717, 1.165) is 16.0 Å². The monoisotopic (exact) mass is 405 g/mol. The molecule has 1 N–H and O–H groups in total. The Bertz CT molecular complexity index is 1070. The van der Waals surface area contributed by atoms with Gasteiger partial charge in [-0.1, -0.05) is 23.8 Å². The third kappa shape index (κ3) is 4.20. The first kappa shape index (κ1) is 20.7. The quantitative estimate of drug-likeness (QED) is 0.582. The molecule has 8 heteroatoms. The Morgan fingerprint density at radius 1 is 1.10 bits per heavy atom. The molecule has 1 aliphatic rings. The zero-order valence-corrected chi connectivity index (χ0v) is 16.5. The Hall–Kier alpha value is -3.99. The van der Waals surface area contributed by atoms with Gasteiger partial charge >= 0.3 is 5.97 Å². The minimum absolute atomic E-state index is 0.239. The SMILES string of the molecule is Cc1ccc2c(c1)C(=O)N(C(C)C(=O)OCC(=O)Nc1ccc(CC#N)cc1)C2=O. The molecule has 0 saturated carbocycles. The molecule has 152 valence electrons. The van der Waals surface area contributed by atoms with Crippen LogP contribution in [0.15, 0.2) is 42.5 Å². The highest BCUT2D eigenvalue weighted by molar-refractivity contribution is 6.22. The molecule has 0 saturated heterocycles. The lowest BCUT2D eigenvalue weighted by Gasteiger charge is -2.20. The van der Waals surface area contributed by atoms with Crippen molar-refractivity contribution in [2.45, 2.75) is 26.3 Å². The number of nitrogens with zero attached hydrogens (tertiary/aromatic N) is 2. The van der Waals surface area contributed by atoms with Crippen molar-refractivity contribution in [1.29, 1.82) is 5.26 Å². The van der Waals surface area contributed by atoms with Gasteiger partial charge in [0.2, 0.25) is 0 Å². The van der Waals surface area contributed by atoms with E-state index in [0.29, 0.717) is 5.69 Å². The van der Waals surface area contributed by atoms with Gasteiger partial charge in [0.05, 0.1) is 23.6 Å². The molecule has 2 aromatic carbocycles. The summed E-state index contributed by atoms with van der Waals surface area (Å²) in [4.78, 5) is 50.3. The Kier molecular flexibility index (Phi) is 5.93. The molecule has 1 aliphatic heterocycles. The predicted octanol–water partition coefficient (Wildman–Crippen LogP) is 2.23. The zero-order chi connectivity index (χ0) is 21.8. The average molecular weight is 405 g/mol. The smallest absolute Gasteiger partial charge is 0.329 e. The van der Waals surface area contributed by atoms with Crippen molar-refractivity contribution in [3.8, 4) is 6.07 Å². The summed E-state index contributed by atoms with van der Waals surface area (Å²) in [6.45, 7) is 2.61. The summed E-state index contributed by atoms with van der Waals surface area (Å²) in [7, 11) is 0. The van der Waals surface area contributed by atoms with Crippen LogP contribution in [0, 0.1) is 18.3 Å². The summed E-state index contributed by atoms with van der Waals surface area (Å²) < 4.78 is 4.99. The van der Waals surface area contributed by atoms with Crippen LogP contribution in [-0.2, 0) is 20.7 Å². The van der Waals surface area contributed by atoms with Crippen LogP contribution in [0.3, 0.4) is 0 Å². The van der Waals surface area contributed by atoms with Crippen molar-refractivity contribution >= 4 is 29.4 Å². The van der Waals surface area contributed by atoms with E-state index in [1.165, 1.54) is 6.92 Å². The van der Waals surface area contributed by atoms with Crippen LogP contribution in [0.2, 0.25) is 0 Å². The van der Waals surface area contributed by atoms with E-state index in [4.69, 9.17) is 10.00 Å². The average Bonchev–Trinajstić information content (AvgIpc) is 2.97. The second-order valence-corrected chi connectivity index (χ2v) is 6.89. The number of carbonyl (C=O) groups excluding carboxylic acids is 4. The molecule has 1 unspecified atom stereocenters. The van der Waals surface area contributed by atoms with Gasteiger partial charge in [-0.2, -0.15) is 5.26 Å². The highest BCUT2D eigenvalue weighted by Gasteiger charge is 2.41. The van der Waals surface area contributed by atoms with Crippen LogP contribution in [0.1, 0.15) is 38.8 Å². The molecular formula is C22H19N3O5. The number of aryl methyl sites for hydroxylation is 1. The third-order valence-corrected chi connectivity index (χ3v) is 4.67. The summed E-state index contributed by atoms with van der Waals surface area (Å²) in [5.74, 6) is -2.56. The number of hydrogen-bond donors (Lipinski definition) is 1. The van der Waals surface area contributed by atoms with Crippen LogP contribution in [0.5, 0.6) is 0 Å². The third-order valence-electron chi connectivity index (χ3n) is 4.67. The standard InChI is InChI=1S/C22H19N3O5/c1-13-3-8-17-18(11-13)21(28)25(20(17)27)14(2)22(29)30-12-19(26)24-16-6-4-15(5-7-16)9-10-23/h3-8,11,14H,9,12H2,1-2H3,(H,24,26). The number of fused-ring (bicyclic) bond motifs is 1. The van der Waals surface area contributed by atoms with E-state index in [1.54, 1.807) is 49.4 Å². The van der Waals surface area contributed by atoms with Gasteiger partial charge < -0.3 is 10.1 Å². The summed E-state index contributed by atoms with van der Waals surface area (Å²) in [5.41, 5.74) is 2.61. The molecular weight excluding hydrogens is 386 g/mol. The molecule has 2 aromatic rings. The number of nitriles is 1. The molecule has 3 rings (SSSR count).